The van der Waals surface area contributed by atoms with E-state index in [2.05, 4.69) is 4.72 Å². The normalized spacial score (nSPS) is 15.4. The van der Waals surface area contributed by atoms with Gasteiger partial charge in [0, 0.05) is 12.1 Å². The van der Waals surface area contributed by atoms with Crippen molar-refractivity contribution in [1.29, 1.82) is 0 Å². The minimum absolute atomic E-state index is 0.0424. The second kappa shape index (κ2) is 4.96. The molecule has 0 fully saturated rings. The van der Waals surface area contributed by atoms with Crippen molar-refractivity contribution in [1.82, 2.24) is 4.72 Å². The summed E-state index contributed by atoms with van der Waals surface area (Å²) in [5.74, 6) is 0. The number of fused-ring (bicyclic) bond motifs is 1. The van der Waals surface area contributed by atoms with Gasteiger partial charge in [0.15, 0.2) is 0 Å². The maximum absolute atomic E-state index is 12.3. The summed E-state index contributed by atoms with van der Waals surface area (Å²) in [4.78, 5) is 10.4. The SMILES string of the molecule is Cc1ccc2c(c1)C=C(c1ccc([N+](=O)[O-])cc1)NS2(=O)=O. The minimum Gasteiger partial charge on any atom is -0.279 e. The molecule has 0 bridgehead atoms. The first-order valence-corrected chi connectivity index (χ1v) is 7.95. The molecule has 0 amide bonds. The first-order chi connectivity index (χ1) is 10.4. The molecule has 1 N–H and O–H groups in total. The molecule has 1 aliphatic heterocycles. The number of nitro benzene ring substituents is 1. The molecular weight excluding hydrogens is 304 g/mol. The zero-order chi connectivity index (χ0) is 15.9. The van der Waals surface area contributed by atoms with Crippen LogP contribution in [0.4, 0.5) is 5.69 Å². The Balaban J connectivity index is 2.10. The third-order valence-electron chi connectivity index (χ3n) is 3.39. The van der Waals surface area contributed by atoms with Crippen LogP contribution in [0.25, 0.3) is 11.8 Å². The maximum atomic E-state index is 12.3. The molecule has 0 aliphatic carbocycles. The second-order valence-electron chi connectivity index (χ2n) is 5.01. The smallest absolute Gasteiger partial charge is 0.269 e. The van der Waals surface area contributed by atoms with Gasteiger partial charge in [-0.1, -0.05) is 17.7 Å². The number of nitro groups is 1. The highest BCUT2D eigenvalue weighted by atomic mass is 32.2. The number of non-ortho nitro benzene ring substituents is 1. The van der Waals surface area contributed by atoms with Gasteiger partial charge in [0.1, 0.15) is 0 Å². The molecule has 0 atom stereocenters. The van der Waals surface area contributed by atoms with Crippen LogP contribution in [0, 0.1) is 17.0 Å². The van der Waals surface area contributed by atoms with Gasteiger partial charge < -0.3 is 0 Å². The van der Waals surface area contributed by atoms with Crippen molar-refractivity contribution < 1.29 is 13.3 Å². The van der Waals surface area contributed by atoms with Gasteiger partial charge in [-0.05, 0) is 42.3 Å². The standard InChI is InChI=1S/C15H12N2O4S/c1-10-2-7-15-12(8-10)9-14(16-22(15,20)21)11-3-5-13(6-4-11)17(18)19/h2-9,16H,1H3. The lowest BCUT2D eigenvalue weighted by Crippen LogP contribution is -2.26. The van der Waals surface area contributed by atoms with Crippen molar-refractivity contribution in [3.63, 3.8) is 0 Å². The molecule has 0 aromatic heterocycles. The lowest BCUT2D eigenvalue weighted by molar-refractivity contribution is -0.384. The number of nitrogens with one attached hydrogen (secondary N) is 1. The largest absolute Gasteiger partial charge is 0.279 e. The third kappa shape index (κ3) is 2.46. The Labute approximate surface area is 127 Å². The Morgan fingerprint density at radius 1 is 1.09 bits per heavy atom. The Morgan fingerprint density at radius 2 is 1.77 bits per heavy atom. The molecular formula is C15H12N2O4S. The number of hydrogen-bond donors (Lipinski definition) is 1. The lowest BCUT2D eigenvalue weighted by atomic mass is 10.1. The molecule has 2 aromatic rings. The number of nitrogens with zero attached hydrogens (tertiary/aromatic N) is 1. The van der Waals surface area contributed by atoms with Crippen molar-refractivity contribution in [3.05, 3.63) is 69.3 Å². The predicted octanol–water partition coefficient (Wildman–Crippen LogP) is 2.69. The van der Waals surface area contributed by atoms with Gasteiger partial charge in [0.25, 0.3) is 15.7 Å². The van der Waals surface area contributed by atoms with Crippen LogP contribution in [-0.4, -0.2) is 13.3 Å². The van der Waals surface area contributed by atoms with Crippen LogP contribution in [0.5, 0.6) is 0 Å². The van der Waals surface area contributed by atoms with Crippen LogP contribution in [0.1, 0.15) is 16.7 Å². The number of benzene rings is 2. The van der Waals surface area contributed by atoms with E-state index in [4.69, 9.17) is 0 Å². The fourth-order valence-corrected chi connectivity index (χ4v) is 3.57. The molecule has 1 heterocycles. The van der Waals surface area contributed by atoms with Crippen LogP contribution < -0.4 is 4.72 Å². The van der Waals surface area contributed by atoms with E-state index in [-0.39, 0.29) is 10.6 Å². The Hall–Kier alpha value is -2.67. The molecule has 1 aliphatic rings. The topological polar surface area (TPSA) is 89.3 Å². The highest BCUT2D eigenvalue weighted by Gasteiger charge is 2.24. The molecule has 7 heteroatoms. The Morgan fingerprint density at radius 3 is 2.41 bits per heavy atom. The number of hydrogen-bond acceptors (Lipinski definition) is 4. The van der Waals surface area contributed by atoms with Crippen LogP contribution in [0.15, 0.2) is 47.4 Å². The summed E-state index contributed by atoms with van der Waals surface area (Å²) in [6.07, 6.45) is 1.73. The van der Waals surface area contributed by atoms with Crippen molar-refractivity contribution >= 4 is 27.5 Å². The lowest BCUT2D eigenvalue weighted by Gasteiger charge is -2.19. The maximum Gasteiger partial charge on any atom is 0.269 e. The van der Waals surface area contributed by atoms with E-state index in [1.807, 2.05) is 6.92 Å². The van der Waals surface area contributed by atoms with E-state index >= 15 is 0 Å². The fraction of sp³-hybridized carbons (Fsp3) is 0.0667. The van der Waals surface area contributed by atoms with E-state index < -0.39 is 14.9 Å². The zero-order valence-electron chi connectivity index (χ0n) is 11.6. The van der Waals surface area contributed by atoms with Crippen molar-refractivity contribution in [2.75, 3.05) is 0 Å². The van der Waals surface area contributed by atoms with Gasteiger partial charge in [-0.3, -0.25) is 14.8 Å². The van der Waals surface area contributed by atoms with Gasteiger partial charge in [0.2, 0.25) is 0 Å². The van der Waals surface area contributed by atoms with Gasteiger partial charge in [-0.25, -0.2) is 8.42 Å². The number of aryl methyl sites for hydroxylation is 1. The highest BCUT2D eigenvalue weighted by Crippen LogP contribution is 2.29. The molecule has 22 heavy (non-hydrogen) atoms. The van der Waals surface area contributed by atoms with E-state index in [1.54, 1.807) is 24.3 Å². The van der Waals surface area contributed by atoms with Crippen LogP contribution in [0.2, 0.25) is 0 Å². The molecule has 2 aromatic carbocycles. The highest BCUT2D eigenvalue weighted by molar-refractivity contribution is 7.90. The predicted molar refractivity (Wildman–Crippen MR) is 82.5 cm³/mol. The summed E-state index contributed by atoms with van der Waals surface area (Å²) in [6.45, 7) is 1.88. The molecule has 6 nitrogen and oxygen atoms in total. The molecule has 112 valence electrons. The fourth-order valence-electron chi connectivity index (χ4n) is 2.32. The van der Waals surface area contributed by atoms with E-state index in [0.717, 1.165) is 5.56 Å². The van der Waals surface area contributed by atoms with Crippen LogP contribution in [0.3, 0.4) is 0 Å². The first kappa shape index (κ1) is 14.3. The van der Waals surface area contributed by atoms with Crippen molar-refractivity contribution in [2.45, 2.75) is 11.8 Å². The average Bonchev–Trinajstić information content (AvgIpc) is 2.46. The van der Waals surface area contributed by atoms with Crippen molar-refractivity contribution in [2.24, 2.45) is 0 Å². The number of rotatable bonds is 2. The molecule has 0 spiro atoms. The van der Waals surface area contributed by atoms with Crippen LogP contribution >= 0.6 is 0 Å². The average molecular weight is 316 g/mol. The van der Waals surface area contributed by atoms with Crippen molar-refractivity contribution in [3.8, 4) is 0 Å². The van der Waals surface area contributed by atoms with E-state index in [9.17, 15) is 18.5 Å². The van der Waals surface area contributed by atoms with E-state index in [1.165, 1.54) is 24.3 Å². The monoisotopic (exact) mass is 316 g/mol. The molecule has 3 rings (SSSR count). The minimum atomic E-state index is -3.63. The summed E-state index contributed by atoms with van der Waals surface area (Å²) in [5, 5.41) is 10.7. The third-order valence-corrected chi connectivity index (χ3v) is 4.83. The van der Waals surface area contributed by atoms with Gasteiger partial charge >= 0.3 is 0 Å². The molecule has 0 radical (unpaired) electrons. The zero-order valence-corrected chi connectivity index (χ0v) is 12.4. The Bertz CT molecular complexity index is 900. The summed E-state index contributed by atoms with van der Waals surface area (Å²) in [7, 11) is -3.63. The second-order valence-corrected chi connectivity index (χ2v) is 6.66. The quantitative estimate of drug-likeness (QED) is 0.681. The van der Waals surface area contributed by atoms with Gasteiger partial charge in [0.05, 0.1) is 15.5 Å². The summed E-state index contributed by atoms with van der Waals surface area (Å²) >= 11 is 0. The van der Waals surface area contributed by atoms with Crippen LogP contribution in [-0.2, 0) is 10.0 Å². The molecule has 0 saturated heterocycles. The van der Waals surface area contributed by atoms with Gasteiger partial charge in [-0.2, -0.15) is 0 Å². The molecule has 0 saturated carbocycles. The number of sulfonamides is 1. The Kier molecular flexibility index (Phi) is 3.22. The molecule has 0 unspecified atom stereocenters. The first-order valence-electron chi connectivity index (χ1n) is 6.47. The van der Waals surface area contributed by atoms with E-state index in [0.29, 0.717) is 16.8 Å². The van der Waals surface area contributed by atoms with Gasteiger partial charge in [-0.15, -0.1) is 0 Å². The summed E-state index contributed by atoms with van der Waals surface area (Å²) in [6, 6.07) is 10.8. The summed E-state index contributed by atoms with van der Waals surface area (Å²) < 4.78 is 27.1. The summed E-state index contributed by atoms with van der Waals surface area (Å²) in [5.41, 5.74) is 2.48.